The summed E-state index contributed by atoms with van der Waals surface area (Å²) in [5, 5.41) is 8.41. The lowest BCUT2D eigenvalue weighted by molar-refractivity contribution is -0.274. The number of alkyl halides is 5. The Hall–Kier alpha value is -1.41. The molecule has 4 nitrogen and oxygen atoms in total. The van der Waals surface area contributed by atoms with Gasteiger partial charge in [0.1, 0.15) is 6.54 Å². The van der Waals surface area contributed by atoms with E-state index in [-0.39, 0.29) is 10.8 Å². The standard InChI is InChI=1S/C9H10F5NO3/c10-8(11,9(12,13)14)7(18)15(4-6(16)17)3-5-1-2-5/h5H,1-4H2,(H,16,17). The molecule has 0 aromatic carbocycles. The van der Waals surface area contributed by atoms with Gasteiger partial charge in [-0.15, -0.1) is 0 Å². The van der Waals surface area contributed by atoms with Crippen molar-refractivity contribution in [3.63, 3.8) is 0 Å². The highest BCUT2D eigenvalue weighted by Crippen LogP contribution is 2.38. The molecule has 1 aliphatic carbocycles. The third-order valence-corrected chi connectivity index (χ3v) is 2.41. The zero-order chi connectivity index (χ0) is 14.1. The third-order valence-electron chi connectivity index (χ3n) is 2.41. The minimum absolute atomic E-state index is 0.0491. The van der Waals surface area contributed by atoms with E-state index in [4.69, 9.17) is 5.11 Å². The molecule has 0 heterocycles. The molecular weight excluding hydrogens is 265 g/mol. The number of halogens is 5. The Balaban J connectivity index is 2.83. The summed E-state index contributed by atoms with van der Waals surface area (Å²) < 4.78 is 61.5. The summed E-state index contributed by atoms with van der Waals surface area (Å²) >= 11 is 0. The SMILES string of the molecule is O=C(O)CN(CC1CC1)C(=O)C(F)(F)C(F)(F)F. The molecular formula is C9H10F5NO3. The van der Waals surface area contributed by atoms with E-state index in [1.165, 1.54) is 0 Å². The Kier molecular flexibility index (Phi) is 3.82. The molecule has 0 saturated heterocycles. The number of hydrogen-bond donors (Lipinski definition) is 1. The molecule has 1 aliphatic rings. The van der Waals surface area contributed by atoms with Crippen LogP contribution in [0.4, 0.5) is 22.0 Å². The highest BCUT2D eigenvalue weighted by Gasteiger charge is 2.64. The fraction of sp³-hybridized carbons (Fsp3) is 0.778. The number of aliphatic carboxylic acids is 1. The third kappa shape index (κ3) is 3.30. The van der Waals surface area contributed by atoms with Crippen LogP contribution in [0.3, 0.4) is 0 Å². The molecule has 1 fully saturated rings. The van der Waals surface area contributed by atoms with Gasteiger partial charge in [0, 0.05) is 6.54 Å². The van der Waals surface area contributed by atoms with Crippen molar-refractivity contribution >= 4 is 11.9 Å². The van der Waals surface area contributed by atoms with Gasteiger partial charge in [0.25, 0.3) is 0 Å². The first-order chi connectivity index (χ1) is 8.05. The van der Waals surface area contributed by atoms with E-state index >= 15 is 0 Å². The lowest BCUT2D eigenvalue weighted by Gasteiger charge is -2.26. The minimum Gasteiger partial charge on any atom is -0.480 e. The average molecular weight is 275 g/mol. The number of carboxylic acid groups (broad SMARTS) is 1. The average Bonchev–Trinajstić information content (AvgIpc) is 2.96. The van der Waals surface area contributed by atoms with Gasteiger partial charge in [0.2, 0.25) is 0 Å². The van der Waals surface area contributed by atoms with Crippen molar-refractivity contribution in [1.29, 1.82) is 0 Å². The van der Waals surface area contributed by atoms with Gasteiger partial charge in [0.15, 0.2) is 0 Å². The highest BCUT2D eigenvalue weighted by atomic mass is 19.4. The fourth-order valence-corrected chi connectivity index (χ4v) is 1.31. The number of amides is 1. The lowest BCUT2D eigenvalue weighted by atomic mass is 10.2. The molecule has 0 spiro atoms. The van der Waals surface area contributed by atoms with E-state index in [0.717, 1.165) is 0 Å². The Bertz CT molecular complexity index is 351. The van der Waals surface area contributed by atoms with Crippen molar-refractivity contribution in [3.8, 4) is 0 Å². The maximum Gasteiger partial charge on any atom is 0.463 e. The fourth-order valence-electron chi connectivity index (χ4n) is 1.31. The molecule has 0 atom stereocenters. The predicted molar refractivity (Wildman–Crippen MR) is 47.9 cm³/mol. The number of carbonyl (C=O) groups is 2. The number of hydrogen-bond acceptors (Lipinski definition) is 2. The molecule has 0 aliphatic heterocycles. The number of rotatable bonds is 5. The van der Waals surface area contributed by atoms with Crippen molar-refractivity contribution in [2.45, 2.75) is 24.9 Å². The van der Waals surface area contributed by atoms with Crippen molar-refractivity contribution in [3.05, 3.63) is 0 Å². The molecule has 0 aromatic rings. The van der Waals surface area contributed by atoms with Crippen LogP contribution in [0.5, 0.6) is 0 Å². The van der Waals surface area contributed by atoms with Crippen LogP contribution < -0.4 is 0 Å². The molecule has 9 heteroatoms. The van der Waals surface area contributed by atoms with Crippen LogP contribution in [-0.4, -0.2) is 47.1 Å². The molecule has 1 rings (SSSR count). The van der Waals surface area contributed by atoms with E-state index in [0.29, 0.717) is 12.8 Å². The summed E-state index contributed by atoms with van der Waals surface area (Å²) in [6.07, 6.45) is -4.85. The Morgan fingerprint density at radius 2 is 1.67 bits per heavy atom. The van der Waals surface area contributed by atoms with Gasteiger partial charge < -0.3 is 10.0 Å². The first-order valence-electron chi connectivity index (χ1n) is 5.01. The van der Waals surface area contributed by atoms with E-state index in [2.05, 4.69) is 0 Å². The molecule has 0 radical (unpaired) electrons. The van der Waals surface area contributed by atoms with Gasteiger partial charge >= 0.3 is 24.0 Å². The summed E-state index contributed by atoms with van der Waals surface area (Å²) in [7, 11) is 0. The quantitative estimate of drug-likeness (QED) is 0.774. The van der Waals surface area contributed by atoms with Crippen LogP contribution in [0.1, 0.15) is 12.8 Å². The topological polar surface area (TPSA) is 57.6 Å². The van der Waals surface area contributed by atoms with Gasteiger partial charge in [-0.1, -0.05) is 0 Å². The maximum atomic E-state index is 12.8. The van der Waals surface area contributed by atoms with Crippen LogP contribution in [0.2, 0.25) is 0 Å². The normalized spacial score (nSPS) is 16.5. The predicted octanol–water partition coefficient (Wildman–Crippen LogP) is 1.51. The largest absolute Gasteiger partial charge is 0.480 e. The first kappa shape index (κ1) is 14.7. The van der Waals surface area contributed by atoms with Gasteiger partial charge in [0.05, 0.1) is 0 Å². The van der Waals surface area contributed by atoms with Crippen LogP contribution in [0.25, 0.3) is 0 Å². The summed E-state index contributed by atoms with van der Waals surface area (Å²) in [6.45, 7) is -1.56. The van der Waals surface area contributed by atoms with Crippen molar-refractivity contribution in [2.24, 2.45) is 5.92 Å². The van der Waals surface area contributed by atoms with Gasteiger partial charge in [-0.3, -0.25) is 9.59 Å². The monoisotopic (exact) mass is 275 g/mol. The molecule has 18 heavy (non-hydrogen) atoms. The second-order valence-electron chi connectivity index (χ2n) is 4.09. The molecule has 1 N–H and O–H groups in total. The molecule has 0 bridgehead atoms. The van der Waals surface area contributed by atoms with Crippen LogP contribution in [0.15, 0.2) is 0 Å². The van der Waals surface area contributed by atoms with Crippen LogP contribution in [0, 0.1) is 5.92 Å². The lowest BCUT2D eigenvalue weighted by Crippen LogP contribution is -2.53. The molecule has 1 saturated carbocycles. The first-order valence-corrected chi connectivity index (χ1v) is 5.01. The Morgan fingerprint density at radius 3 is 2.00 bits per heavy atom. The van der Waals surface area contributed by atoms with Gasteiger partial charge in [-0.05, 0) is 18.8 Å². The van der Waals surface area contributed by atoms with Crippen molar-refractivity contribution in [2.75, 3.05) is 13.1 Å². The highest BCUT2D eigenvalue weighted by molar-refractivity contribution is 5.87. The number of nitrogens with zero attached hydrogens (tertiary/aromatic N) is 1. The van der Waals surface area contributed by atoms with Crippen molar-refractivity contribution in [1.82, 2.24) is 4.90 Å². The minimum atomic E-state index is -6.02. The summed E-state index contributed by atoms with van der Waals surface area (Å²) in [6, 6.07) is 0. The summed E-state index contributed by atoms with van der Waals surface area (Å²) in [5.74, 6) is -9.90. The Labute approximate surface area is 98.4 Å². The van der Waals surface area contributed by atoms with Crippen molar-refractivity contribution < 1.29 is 36.6 Å². The molecule has 0 aromatic heterocycles. The van der Waals surface area contributed by atoms with Crippen LogP contribution in [-0.2, 0) is 9.59 Å². The maximum absolute atomic E-state index is 12.8. The number of carboxylic acids is 1. The summed E-state index contributed by atoms with van der Waals surface area (Å²) in [5.41, 5.74) is 0. The van der Waals surface area contributed by atoms with E-state index in [9.17, 15) is 31.5 Å². The molecule has 1 amide bonds. The van der Waals surface area contributed by atoms with E-state index in [1.54, 1.807) is 0 Å². The van der Waals surface area contributed by atoms with Gasteiger partial charge in [-0.2, -0.15) is 22.0 Å². The smallest absolute Gasteiger partial charge is 0.463 e. The van der Waals surface area contributed by atoms with Crippen LogP contribution >= 0.6 is 0 Å². The second-order valence-corrected chi connectivity index (χ2v) is 4.09. The zero-order valence-corrected chi connectivity index (χ0v) is 9.01. The number of carbonyl (C=O) groups excluding carboxylic acids is 1. The zero-order valence-electron chi connectivity index (χ0n) is 9.01. The van der Waals surface area contributed by atoms with E-state index < -0.39 is 37.1 Å². The van der Waals surface area contributed by atoms with E-state index in [1.807, 2.05) is 0 Å². The second kappa shape index (κ2) is 4.69. The molecule has 0 unspecified atom stereocenters. The Morgan fingerprint density at radius 1 is 1.17 bits per heavy atom. The molecule has 104 valence electrons. The summed E-state index contributed by atoms with van der Waals surface area (Å²) in [4.78, 5) is 21.5. The van der Waals surface area contributed by atoms with Gasteiger partial charge in [-0.25, -0.2) is 0 Å².